The van der Waals surface area contributed by atoms with Crippen molar-refractivity contribution in [3.05, 3.63) is 69.7 Å². The van der Waals surface area contributed by atoms with Crippen LogP contribution in [0.4, 0.5) is 32.3 Å². The molecule has 0 aliphatic carbocycles. The molecule has 1 fully saturated rings. The fraction of sp³-hybridized carbons (Fsp3) is 0.370. The Morgan fingerprint density at radius 2 is 1.54 bits per heavy atom. The van der Waals surface area contributed by atoms with Gasteiger partial charge in [0.25, 0.3) is 5.91 Å². The fourth-order valence-corrected chi connectivity index (χ4v) is 4.87. The van der Waals surface area contributed by atoms with Gasteiger partial charge in [0.1, 0.15) is 5.56 Å². The van der Waals surface area contributed by atoms with E-state index in [1.807, 2.05) is 4.90 Å². The highest BCUT2D eigenvalue weighted by Gasteiger charge is 2.38. The molecule has 0 N–H and O–H groups in total. The molecule has 1 amide bonds. The standard InChI is InChI=1S/C27H23ClF6N4O3/c28-20-5-2-1-4-19(20)22-21-23(36-25(35-22)37-7-10-40-11-8-37)41-9-3-6-38(24(21)39)15-16-12-17(26(29,30)31)14-18(13-16)27(32,33)34/h1-2,4-5,12-14H,3,6-11,15H2. The van der Waals surface area contributed by atoms with E-state index in [9.17, 15) is 31.1 Å². The number of morpholine rings is 1. The first-order valence-electron chi connectivity index (χ1n) is 12.6. The van der Waals surface area contributed by atoms with Crippen molar-refractivity contribution in [2.45, 2.75) is 25.3 Å². The third-order valence-corrected chi connectivity index (χ3v) is 6.95. The van der Waals surface area contributed by atoms with Crippen LogP contribution < -0.4 is 9.64 Å². The van der Waals surface area contributed by atoms with Gasteiger partial charge in [0.2, 0.25) is 11.8 Å². The van der Waals surface area contributed by atoms with E-state index in [4.69, 9.17) is 21.1 Å². The van der Waals surface area contributed by atoms with Crippen LogP contribution in [0.25, 0.3) is 11.3 Å². The molecular formula is C27H23ClF6N4O3. The average Bonchev–Trinajstić information content (AvgIpc) is 2.92. The lowest BCUT2D eigenvalue weighted by Gasteiger charge is -2.30. The van der Waals surface area contributed by atoms with Crippen LogP contribution in [0.5, 0.6) is 5.88 Å². The second kappa shape index (κ2) is 11.4. The number of ether oxygens (including phenoxy) is 2. The van der Waals surface area contributed by atoms with Crippen molar-refractivity contribution < 1.29 is 40.6 Å². The molecule has 2 aliphatic rings. The summed E-state index contributed by atoms with van der Waals surface area (Å²) in [4.78, 5) is 26.2. The maximum Gasteiger partial charge on any atom is 0.416 e. The Hall–Kier alpha value is -3.58. The van der Waals surface area contributed by atoms with Crippen LogP contribution >= 0.6 is 11.6 Å². The fourth-order valence-electron chi connectivity index (χ4n) is 4.64. The van der Waals surface area contributed by atoms with Gasteiger partial charge in [-0.15, -0.1) is 0 Å². The number of alkyl halides is 6. The number of amides is 1. The molecule has 3 aromatic rings. The SMILES string of the molecule is O=C1c2c(nc(N3CCOCC3)nc2-c2ccccc2Cl)OCCCN1Cc1cc(C(F)(F)F)cc(C(F)(F)F)c1. The average molecular weight is 601 g/mol. The lowest BCUT2D eigenvalue weighted by molar-refractivity contribution is -0.143. The molecule has 41 heavy (non-hydrogen) atoms. The van der Waals surface area contributed by atoms with Crippen molar-refractivity contribution in [3.8, 4) is 17.1 Å². The Labute approximate surface area is 235 Å². The normalized spacial score (nSPS) is 16.6. The van der Waals surface area contributed by atoms with Crippen molar-refractivity contribution >= 4 is 23.5 Å². The van der Waals surface area contributed by atoms with E-state index in [0.29, 0.717) is 44.0 Å². The number of aromatic nitrogens is 2. The summed E-state index contributed by atoms with van der Waals surface area (Å²) < 4.78 is 92.1. The second-order valence-corrected chi connectivity index (χ2v) is 9.88. The quantitative estimate of drug-likeness (QED) is 0.338. The molecular weight excluding hydrogens is 578 g/mol. The van der Waals surface area contributed by atoms with Gasteiger partial charge in [0, 0.05) is 36.8 Å². The second-order valence-electron chi connectivity index (χ2n) is 9.47. The lowest BCUT2D eigenvalue weighted by atomic mass is 10.0. The summed E-state index contributed by atoms with van der Waals surface area (Å²) in [6.45, 7) is 1.42. The number of carbonyl (C=O) groups excluding carboxylic acids is 1. The van der Waals surface area contributed by atoms with Gasteiger partial charge in [0.05, 0.1) is 36.6 Å². The van der Waals surface area contributed by atoms with Crippen molar-refractivity contribution in [2.24, 2.45) is 0 Å². The smallest absolute Gasteiger partial charge is 0.416 e. The van der Waals surface area contributed by atoms with Gasteiger partial charge in [0.15, 0.2) is 0 Å². The Morgan fingerprint density at radius 1 is 0.878 bits per heavy atom. The Kier molecular flexibility index (Phi) is 8.02. The zero-order valence-electron chi connectivity index (χ0n) is 21.4. The van der Waals surface area contributed by atoms with Gasteiger partial charge in [-0.2, -0.15) is 31.3 Å². The molecule has 14 heteroatoms. The van der Waals surface area contributed by atoms with Gasteiger partial charge in [-0.25, -0.2) is 4.98 Å². The van der Waals surface area contributed by atoms with Crippen LogP contribution in [-0.4, -0.2) is 60.2 Å². The van der Waals surface area contributed by atoms with E-state index in [0.717, 1.165) is 0 Å². The van der Waals surface area contributed by atoms with Gasteiger partial charge < -0.3 is 19.3 Å². The van der Waals surface area contributed by atoms with Crippen LogP contribution in [0.3, 0.4) is 0 Å². The summed E-state index contributed by atoms with van der Waals surface area (Å²) in [6, 6.07) is 7.92. The number of hydrogen-bond donors (Lipinski definition) is 0. The predicted molar refractivity (Wildman–Crippen MR) is 137 cm³/mol. The largest absolute Gasteiger partial charge is 0.477 e. The summed E-state index contributed by atoms with van der Waals surface area (Å²) in [6.07, 6.45) is -9.77. The first-order valence-corrected chi connectivity index (χ1v) is 13.0. The van der Waals surface area contributed by atoms with E-state index in [-0.39, 0.29) is 59.3 Å². The maximum atomic E-state index is 14.0. The first kappa shape index (κ1) is 28.9. The molecule has 0 atom stereocenters. The third kappa shape index (κ3) is 6.35. The van der Waals surface area contributed by atoms with E-state index < -0.39 is 35.9 Å². The number of benzene rings is 2. The summed E-state index contributed by atoms with van der Waals surface area (Å²) in [5.74, 6) is -0.491. The van der Waals surface area contributed by atoms with Crippen molar-refractivity contribution in [1.29, 1.82) is 0 Å². The van der Waals surface area contributed by atoms with E-state index >= 15 is 0 Å². The molecule has 3 heterocycles. The number of carbonyl (C=O) groups is 1. The van der Waals surface area contributed by atoms with Crippen molar-refractivity contribution in [1.82, 2.24) is 14.9 Å². The summed E-state index contributed by atoms with van der Waals surface area (Å²) in [7, 11) is 0. The Balaban J connectivity index is 1.60. The summed E-state index contributed by atoms with van der Waals surface area (Å²) in [5, 5.41) is 0.274. The van der Waals surface area contributed by atoms with Gasteiger partial charge >= 0.3 is 12.4 Å². The minimum atomic E-state index is -5.02. The van der Waals surface area contributed by atoms with Gasteiger partial charge in [-0.1, -0.05) is 29.8 Å². The lowest BCUT2D eigenvalue weighted by Crippen LogP contribution is -2.38. The molecule has 0 bridgehead atoms. The number of fused-ring (bicyclic) bond motifs is 1. The molecule has 7 nitrogen and oxygen atoms in total. The number of nitrogens with zero attached hydrogens (tertiary/aromatic N) is 4. The summed E-state index contributed by atoms with van der Waals surface area (Å²) >= 11 is 6.47. The Morgan fingerprint density at radius 3 is 2.17 bits per heavy atom. The van der Waals surface area contributed by atoms with Crippen LogP contribution in [0.2, 0.25) is 5.02 Å². The molecule has 5 rings (SSSR count). The minimum absolute atomic E-state index is 0.00302. The molecule has 218 valence electrons. The topological polar surface area (TPSA) is 67.8 Å². The molecule has 2 aliphatic heterocycles. The van der Waals surface area contributed by atoms with E-state index in [2.05, 4.69) is 9.97 Å². The van der Waals surface area contributed by atoms with Crippen molar-refractivity contribution in [3.63, 3.8) is 0 Å². The monoisotopic (exact) mass is 600 g/mol. The van der Waals surface area contributed by atoms with Crippen LogP contribution in [0.15, 0.2) is 42.5 Å². The van der Waals surface area contributed by atoms with Crippen LogP contribution in [0, 0.1) is 0 Å². The van der Waals surface area contributed by atoms with Crippen LogP contribution in [0.1, 0.15) is 33.5 Å². The molecule has 0 saturated carbocycles. The van der Waals surface area contributed by atoms with Gasteiger partial charge in [-0.3, -0.25) is 4.79 Å². The predicted octanol–water partition coefficient (Wildman–Crippen LogP) is 6.10. The zero-order chi connectivity index (χ0) is 29.4. The molecule has 0 unspecified atom stereocenters. The van der Waals surface area contributed by atoms with Gasteiger partial charge in [-0.05, 0) is 36.2 Å². The number of halogens is 7. The molecule has 1 saturated heterocycles. The zero-order valence-corrected chi connectivity index (χ0v) is 22.1. The highest BCUT2D eigenvalue weighted by molar-refractivity contribution is 6.33. The number of rotatable bonds is 4. The van der Waals surface area contributed by atoms with E-state index in [1.165, 1.54) is 4.90 Å². The third-order valence-electron chi connectivity index (χ3n) is 6.62. The molecule has 1 aromatic heterocycles. The minimum Gasteiger partial charge on any atom is -0.477 e. The Bertz CT molecular complexity index is 1410. The molecule has 0 spiro atoms. The number of anilines is 1. The molecule has 0 radical (unpaired) electrons. The maximum absolute atomic E-state index is 14.0. The summed E-state index contributed by atoms with van der Waals surface area (Å²) in [5.41, 5.74) is -2.80. The highest BCUT2D eigenvalue weighted by atomic mass is 35.5. The van der Waals surface area contributed by atoms with Crippen LogP contribution in [-0.2, 0) is 23.6 Å². The van der Waals surface area contributed by atoms with E-state index in [1.54, 1.807) is 24.3 Å². The number of hydrogen-bond acceptors (Lipinski definition) is 6. The first-order chi connectivity index (χ1) is 19.4. The highest BCUT2D eigenvalue weighted by Crippen LogP contribution is 2.38. The van der Waals surface area contributed by atoms with Crippen molar-refractivity contribution in [2.75, 3.05) is 44.4 Å². The molecule has 2 aromatic carbocycles.